The number of methoxy groups -OCH3 is 2. The predicted octanol–water partition coefficient (Wildman–Crippen LogP) is 2.50. The van der Waals surface area contributed by atoms with E-state index in [-0.39, 0.29) is 0 Å². The van der Waals surface area contributed by atoms with E-state index in [0.29, 0.717) is 39.3 Å². The van der Waals surface area contributed by atoms with Crippen LogP contribution in [0.5, 0.6) is 0 Å². The van der Waals surface area contributed by atoms with Crippen molar-refractivity contribution in [3.63, 3.8) is 0 Å². The van der Waals surface area contributed by atoms with Crippen molar-refractivity contribution in [1.82, 2.24) is 9.97 Å². The van der Waals surface area contributed by atoms with Gasteiger partial charge in [-0.1, -0.05) is 11.6 Å². The van der Waals surface area contributed by atoms with Gasteiger partial charge in [0.2, 0.25) is 5.95 Å². The number of fused-ring (bicyclic) bond motifs is 1. The Kier molecular flexibility index (Phi) is 4.74. The standard InChI is InChI=1S/C12H14ClN3O3S/c1-6-7-9(13)15-12(14-4-5-18-2)16-10(7)20-8(6)11(17)19-3/h4-5H2,1-3H3,(H,14,15,16). The van der Waals surface area contributed by atoms with E-state index in [1.807, 2.05) is 0 Å². The molecular weight excluding hydrogens is 302 g/mol. The van der Waals surface area contributed by atoms with Gasteiger partial charge in [0.25, 0.3) is 0 Å². The number of nitrogens with one attached hydrogen (secondary N) is 1. The van der Waals surface area contributed by atoms with Gasteiger partial charge in [-0.2, -0.15) is 0 Å². The second kappa shape index (κ2) is 6.34. The number of nitrogens with zero attached hydrogens (tertiary/aromatic N) is 2. The lowest BCUT2D eigenvalue weighted by molar-refractivity contribution is 0.0605. The minimum absolute atomic E-state index is 0.318. The highest BCUT2D eigenvalue weighted by Crippen LogP contribution is 2.34. The van der Waals surface area contributed by atoms with E-state index in [1.165, 1.54) is 18.4 Å². The fourth-order valence-electron chi connectivity index (χ4n) is 1.72. The van der Waals surface area contributed by atoms with Crippen LogP contribution in [0.4, 0.5) is 5.95 Å². The number of aryl methyl sites for hydroxylation is 1. The highest BCUT2D eigenvalue weighted by atomic mass is 35.5. The minimum atomic E-state index is -0.393. The van der Waals surface area contributed by atoms with Crippen molar-refractivity contribution >= 4 is 45.1 Å². The number of ether oxygens (including phenoxy) is 2. The molecule has 6 nitrogen and oxygen atoms in total. The Labute approximate surface area is 125 Å². The molecular formula is C12H14ClN3O3S. The first-order valence-corrected chi connectivity index (χ1v) is 7.05. The average Bonchev–Trinajstić information content (AvgIpc) is 2.76. The predicted molar refractivity (Wildman–Crippen MR) is 78.9 cm³/mol. The Morgan fingerprint density at radius 3 is 2.80 bits per heavy atom. The van der Waals surface area contributed by atoms with E-state index >= 15 is 0 Å². The van der Waals surface area contributed by atoms with Crippen LogP contribution in [0, 0.1) is 6.92 Å². The Hall–Kier alpha value is -1.44. The molecule has 2 heterocycles. The minimum Gasteiger partial charge on any atom is -0.465 e. The van der Waals surface area contributed by atoms with Gasteiger partial charge in [-0.3, -0.25) is 0 Å². The maximum Gasteiger partial charge on any atom is 0.348 e. The molecule has 1 N–H and O–H groups in total. The molecule has 0 atom stereocenters. The summed E-state index contributed by atoms with van der Waals surface area (Å²) in [6, 6.07) is 0. The third kappa shape index (κ3) is 2.84. The van der Waals surface area contributed by atoms with Crippen LogP contribution in [0.3, 0.4) is 0 Å². The van der Waals surface area contributed by atoms with Gasteiger partial charge < -0.3 is 14.8 Å². The number of halogens is 1. The van der Waals surface area contributed by atoms with Crippen LogP contribution in [0.2, 0.25) is 5.15 Å². The van der Waals surface area contributed by atoms with Crippen molar-refractivity contribution in [3.8, 4) is 0 Å². The van der Waals surface area contributed by atoms with Crippen LogP contribution >= 0.6 is 22.9 Å². The van der Waals surface area contributed by atoms with Crippen molar-refractivity contribution in [3.05, 3.63) is 15.6 Å². The number of anilines is 1. The van der Waals surface area contributed by atoms with Crippen molar-refractivity contribution in [2.45, 2.75) is 6.92 Å². The smallest absolute Gasteiger partial charge is 0.348 e. The van der Waals surface area contributed by atoms with Crippen molar-refractivity contribution in [2.24, 2.45) is 0 Å². The van der Waals surface area contributed by atoms with E-state index in [2.05, 4.69) is 15.3 Å². The van der Waals surface area contributed by atoms with Crippen LogP contribution in [0.25, 0.3) is 10.2 Å². The second-order valence-corrected chi connectivity index (χ2v) is 5.34. The summed E-state index contributed by atoms with van der Waals surface area (Å²) in [5.41, 5.74) is 0.741. The fraction of sp³-hybridized carbons (Fsp3) is 0.417. The highest BCUT2D eigenvalue weighted by molar-refractivity contribution is 7.20. The molecule has 0 unspecified atom stereocenters. The molecule has 0 amide bonds. The average molecular weight is 316 g/mol. The molecule has 0 spiro atoms. The van der Waals surface area contributed by atoms with Crippen molar-refractivity contribution in [2.75, 3.05) is 32.7 Å². The Morgan fingerprint density at radius 2 is 2.15 bits per heavy atom. The molecule has 108 valence electrons. The molecule has 0 saturated carbocycles. The topological polar surface area (TPSA) is 73.3 Å². The second-order valence-electron chi connectivity index (χ2n) is 3.99. The van der Waals surface area contributed by atoms with Gasteiger partial charge in [0.05, 0.1) is 19.1 Å². The number of aromatic nitrogens is 2. The fourth-order valence-corrected chi connectivity index (χ4v) is 3.19. The molecule has 2 aromatic rings. The van der Waals surface area contributed by atoms with Gasteiger partial charge in [0.15, 0.2) is 0 Å². The van der Waals surface area contributed by atoms with E-state index in [4.69, 9.17) is 21.1 Å². The number of esters is 1. The molecule has 0 saturated heterocycles. The lowest BCUT2D eigenvalue weighted by atomic mass is 10.2. The number of rotatable bonds is 5. The van der Waals surface area contributed by atoms with Gasteiger partial charge >= 0.3 is 5.97 Å². The zero-order valence-electron chi connectivity index (χ0n) is 11.3. The first-order valence-electron chi connectivity index (χ1n) is 5.86. The molecule has 0 fully saturated rings. The molecule has 0 aromatic carbocycles. The maximum atomic E-state index is 11.7. The zero-order chi connectivity index (χ0) is 14.7. The van der Waals surface area contributed by atoms with E-state index < -0.39 is 5.97 Å². The van der Waals surface area contributed by atoms with Crippen LogP contribution in [-0.2, 0) is 9.47 Å². The lowest BCUT2D eigenvalue weighted by Gasteiger charge is -2.04. The first-order chi connectivity index (χ1) is 9.58. The molecule has 0 aliphatic heterocycles. The number of thiophene rings is 1. The summed E-state index contributed by atoms with van der Waals surface area (Å²) in [4.78, 5) is 21.4. The summed E-state index contributed by atoms with van der Waals surface area (Å²) in [6.45, 7) is 2.92. The molecule has 2 rings (SSSR count). The molecule has 0 bridgehead atoms. The lowest BCUT2D eigenvalue weighted by Crippen LogP contribution is -2.10. The summed E-state index contributed by atoms with van der Waals surface area (Å²) < 4.78 is 9.69. The SMILES string of the molecule is COCCNc1nc(Cl)c2c(C)c(C(=O)OC)sc2n1. The van der Waals surface area contributed by atoms with Crippen molar-refractivity contribution in [1.29, 1.82) is 0 Å². The third-order valence-corrected chi connectivity index (χ3v) is 4.15. The Morgan fingerprint density at radius 1 is 1.40 bits per heavy atom. The van der Waals surface area contributed by atoms with Gasteiger partial charge in [0.1, 0.15) is 14.9 Å². The van der Waals surface area contributed by atoms with E-state index in [1.54, 1.807) is 14.0 Å². The molecule has 8 heteroatoms. The maximum absolute atomic E-state index is 11.7. The quantitative estimate of drug-likeness (QED) is 0.519. The first kappa shape index (κ1) is 15.0. The number of carbonyl (C=O) groups excluding carboxylic acids is 1. The van der Waals surface area contributed by atoms with E-state index in [9.17, 15) is 4.79 Å². The zero-order valence-corrected chi connectivity index (χ0v) is 12.9. The summed E-state index contributed by atoms with van der Waals surface area (Å²) in [6.07, 6.45) is 0. The summed E-state index contributed by atoms with van der Waals surface area (Å²) in [7, 11) is 2.96. The summed E-state index contributed by atoms with van der Waals surface area (Å²) in [5, 5.41) is 4.02. The number of hydrogen-bond acceptors (Lipinski definition) is 7. The van der Waals surface area contributed by atoms with Gasteiger partial charge in [-0.25, -0.2) is 14.8 Å². The largest absolute Gasteiger partial charge is 0.465 e. The molecule has 2 aromatic heterocycles. The van der Waals surface area contributed by atoms with Crippen LogP contribution in [0.1, 0.15) is 15.2 Å². The molecule has 0 aliphatic rings. The number of carbonyl (C=O) groups is 1. The Bertz CT molecular complexity index is 644. The summed E-state index contributed by atoms with van der Waals surface area (Å²) >= 11 is 7.42. The van der Waals surface area contributed by atoms with Crippen LogP contribution < -0.4 is 5.32 Å². The highest BCUT2D eigenvalue weighted by Gasteiger charge is 2.20. The normalized spacial score (nSPS) is 10.8. The third-order valence-electron chi connectivity index (χ3n) is 2.71. The molecule has 0 aliphatic carbocycles. The van der Waals surface area contributed by atoms with Crippen LogP contribution in [-0.4, -0.2) is 43.3 Å². The van der Waals surface area contributed by atoms with Crippen molar-refractivity contribution < 1.29 is 14.3 Å². The molecule has 0 radical (unpaired) electrons. The summed E-state index contributed by atoms with van der Waals surface area (Å²) in [5.74, 6) is 0.0210. The Balaban J connectivity index is 2.42. The van der Waals surface area contributed by atoms with Crippen LogP contribution in [0.15, 0.2) is 0 Å². The van der Waals surface area contributed by atoms with Gasteiger partial charge in [-0.15, -0.1) is 11.3 Å². The van der Waals surface area contributed by atoms with E-state index in [0.717, 1.165) is 5.56 Å². The van der Waals surface area contributed by atoms with Gasteiger partial charge in [0, 0.05) is 13.7 Å². The number of hydrogen-bond donors (Lipinski definition) is 1. The monoisotopic (exact) mass is 315 g/mol. The molecule has 20 heavy (non-hydrogen) atoms. The van der Waals surface area contributed by atoms with Gasteiger partial charge in [-0.05, 0) is 12.5 Å².